The SMILES string of the molecule is CC1(C)c2ccccc2N(c2cc(-c3nc(-c4ccccc4)cc(-c4ccccc4)n3)c3cc(N4c5ccccc5C(C)(C)c5ccccc54)cc(-c4nc(-c5ccccc5)cc(-c5ccccc5)n4)c3c2)c2ccccc21. The minimum Gasteiger partial charge on any atom is -0.310 e. The van der Waals surface area contributed by atoms with Crippen molar-refractivity contribution in [3.8, 4) is 67.8 Å². The number of hydrogen-bond donors (Lipinski definition) is 0. The zero-order valence-corrected chi connectivity index (χ0v) is 43.9. The van der Waals surface area contributed by atoms with Crippen molar-refractivity contribution < 1.29 is 0 Å². The number of nitrogens with zero attached hydrogens (tertiary/aromatic N) is 6. The maximum Gasteiger partial charge on any atom is 0.161 e. The summed E-state index contributed by atoms with van der Waals surface area (Å²) >= 11 is 0. The van der Waals surface area contributed by atoms with Gasteiger partial charge in [0.2, 0.25) is 0 Å². The number of para-hydroxylation sites is 4. The van der Waals surface area contributed by atoms with Crippen LogP contribution in [0.5, 0.6) is 0 Å². The Morgan fingerprint density at radius 2 is 0.513 bits per heavy atom. The molecule has 10 aromatic carbocycles. The lowest BCUT2D eigenvalue weighted by Crippen LogP contribution is -2.30. The van der Waals surface area contributed by atoms with Crippen LogP contribution in [-0.4, -0.2) is 19.9 Å². The summed E-state index contributed by atoms with van der Waals surface area (Å²) in [6.07, 6.45) is 0. The highest BCUT2D eigenvalue weighted by Crippen LogP contribution is 2.56. The first-order valence-electron chi connectivity index (χ1n) is 26.8. The standard InChI is InChI=1S/C72H54N6/c1-71(2)57-33-17-21-37-65(57)77(66-38-22-18-34-58(66)71)51-41-53-54(55(43-51)69-73-61(47-25-9-5-10-26-47)45-62(74-69)48-27-11-6-12-28-48)42-52(78-67-39-23-19-35-59(67)72(3,4)60-36-20-24-40-68(60)78)44-56(53)70-75-63(49-29-13-7-14-30-49)46-64(76-70)50-31-15-8-16-32-50/h5-46H,1-4H3. The van der Waals surface area contributed by atoms with Gasteiger partial charge in [-0.1, -0.05) is 222 Å². The Kier molecular flexibility index (Phi) is 11.1. The molecule has 2 aliphatic rings. The molecule has 14 rings (SSSR count). The molecule has 0 unspecified atom stereocenters. The van der Waals surface area contributed by atoms with Crippen molar-refractivity contribution >= 4 is 44.9 Å². The Morgan fingerprint density at radius 1 is 0.269 bits per heavy atom. The Bertz CT molecular complexity index is 3780. The Labute approximate surface area is 455 Å². The third-order valence-electron chi connectivity index (χ3n) is 16.0. The van der Waals surface area contributed by atoms with Crippen LogP contribution in [0.25, 0.3) is 78.6 Å². The molecule has 372 valence electrons. The summed E-state index contributed by atoms with van der Waals surface area (Å²) in [4.78, 5) is 27.3. The molecule has 0 bridgehead atoms. The third kappa shape index (κ3) is 7.78. The van der Waals surface area contributed by atoms with Crippen LogP contribution >= 0.6 is 0 Å². The predicted molar refractivity (Wildman–Crippen MR) is 321 cm³/mol. The lowest BCUT2D eigenvalue weighted by Gasteiger charge is -2.42. The van der Waals surface area contributed by atoms with E-state index in [1.165, 1.54) is 22.3 Å². The van der Waals surface area contributed by atoms with E-state index >= 15 is 0 Å². The summed E-state index contributed by atoms with van der Waals surface area (Å²) in [5.74, 6) is 1.21. The molecule has 78 heavy (non-hydrogen) atoms. The number of anilines is 6. The van der Waals surface area contributed by atoms with Crippen LogP contribution in [0.1, 0.15) is 49.9 Å². The van der Waals surface area contributed by atoms with Gasteiger partial charge in [0, 0.05) is 55.6 Å². The van der Waals surface area contributed by atoms with Gasteiger partial charge in [0.1, 0.15) is 0 Å². The van der Waals surface area contributed by atoms with Crippen LogP contribution in [0.2, 0.25) is 0 Å². The number of rotatable bonds is 8. The number of fused-ring (bicyclic) bond motifs is 5. The number of aromatic nitrogens is 4. The highest BCUT2D eigenvalue weighted by Gasteiger charge is 2.39. The third-order valence-corrected chi connectivity index (χ3v) is 16.0. The van der Waals surface area contributed by atoms with Gasteiger partial charge in [-0.2, -0.15) is 0 Å². The molecule has 6 heteroatoms. The first kappa shape index (κ1) is 46.7. The summed E-state index contributed by atoms with van der Waals surface area (Å²) in [5.41, 5.74) is 19.9. The molecule has 0 fully saturated rings. The van der Waals surface area contributed by atoms with Gasteiger partial charge in [-0.15, -0.1) is 0 Å². The molecule has 0 saturated carbocycles. The van der Waals surface area contributed by atoms with Gasteiger partial charge in [0.05, 0.1) is 45.5 Å². The summed E-state index contributed by atoms with van der Waals surface area (Å²) in [7, 11) is 0. The van der Waals surface area contributed by atoms with Crippen LogP contribution in [0.15, 0.2) is 255 Å². The maximum absolute atomic E-state index is 5.62. The average molecular weight is 1000 g/mol. The van der Waals surface area contributed by atoms with E-state index in [0.29, 0.717) is 11.6 Å². The molecule has 0 radical (unpaired) electrons. The Balaban J connectivity index is 1.15. The van der Waals surface area contributed by atoms with E-state index in [1.54, 1.807) is 0 Å². The molecule has 2 aliphatic heterocycles. The molecule has 0 N–H and O–H groups in total. The second kappa shape index (κ2) is 18.5. The zero-order valence-electron chi connectivity index (χ0n) is 43.9. The molecule has 12 aromatic rings. The van der Waals surface area contributed by atoms with Crippen molar-refractivity contribution in [3.63, 3.8) is 0 Å². The Hall–Kier alpha value is -9.78. The molecule has 4 heterocycles. The van der Waals surface area contributed by atoms with Gasteiger partial charge in [0.25, 0.3) is 0 Å². The molecule has 0 spiro atoms. The first-order valence-corrected chi connectivity index (χ1v) is 26.8. The van der Waals surface area contributed by atoms with E-state index < -0.39 is 0 Å². The predicted octanol–water partition coefficient (Wildman–Crippen LogP) is 18.6. The minimum absolute atomic E-state index is 0.268. The smallest absolute Gasteiger partial charge is 0.161 e. The van der Waals surface area contributed by atoms with E-state index in [0.717, 1.165) is 101 Å². The van der Waals surface area contributed by atoms with Crippen molar-refractivity contribution in [3.05, 3.63) is 277 Å². The van der Waals surface area contributed by atoms with Crippen LogP contribution < -0.4 is 9.80 Å². The summed E-state index contributed by atoms with van der Waals surface area (Å²) in [5, 5.41) is 1.92. The van der Waals surface area contributed by atoms with Gasteiger partial charge in [0.15, 0.2) is 11.6 Å². The van der Waals surface area contributed by atoms with Crippen LogP contribution in [0.4, 0.5) is 34.1 Å². The van der Waals surface area contributed by atoms with Gasteiger partial charge >= 0.3 is 0 Å². The molecular weight excluding hydrogens is 949 g/mol. The number of benzene rings is 10. The van der Waals surface area contributed by atoms with Crippen molar-refractivity contribution in [2.45, 2.75) is 38.5 Å². The van der Waals surface area contributed by atoms with Gasteiger partial charge < -0.3 is 9.80 Å². The highest BCUT2D eigenvalue weighted by molar-refractivity contribution is 6.09. The average Bonchev–Trinajstić information content (AvgIpc) is 3.69. The van der Waals surface area contributed by atoms with Gasteiger partial charge in [-0.05, 0) is 93.7 Å². The fourth-order valence-electron chi connectivity index (χ4n) is 12.1. The zero-order chi connectivity index (χ0) is 52.5. The summed E-state index contributed by atoms with van der Waals surface area (Å²) in [6, 6.07) is 90.8. The van der Waals surface area contributed by atoms with Crippen LogP contribution in [0.3, 0.4) is 0 Å². The minimum atomic E-state index is -0.268. The lowest BCUT2D eigenvalue weighted by atomic mass is 9.73. The first-order chi connectivity index (χ1) is 38.2. The number of hydrogen-bond acceptors (Lipinski definition) is 6. The highest BCUT2D eigenvalue weighted by atomic mass is 15.2. The fraction of sp³-hybridized carbons (Fsp3) is 0.0833. The molecule has 0 amide bonds. The van der Waals surface area contributed by atoms with E-state index in [1.807, 2.05) is 0 Å². The second-order valence-electron chi connectivity index (χ2n) is 21.5. The van der Waals surface area contributed by atoms with Crippen molar-refractivity contribution in [1.29, 1.82) is 0 Å². The van der Waals surface area contributed by atoms with Crippen LogP contribution in [-0.2, 0) is 10.8 Å². The quantitative estimate of drug-likeness (QED) is 0.151. The van der Waals surface area contributed by atoms with Crippen LogP contribution in [0, 0.1) is 0 Å². The molecule has 6 nitrogen and oxygen atoms in total. The summed E-state index contributed by atoms with van der Waals surface area (Å²) < 4.78 is 0. The van der Waals surface area contributed by atoms with Gasteiger partial charge in [-0.25, -0.2) is 19.9 Å². The van der Waals surface area contributed by atoms with E-state index in [9.17, 15) is 0 Å². The molecule has 0 atom stereocenters. The van der Waals surface area contributed by atoms with E-state index in [2.05, 4.69) is 292 Å². The Morgan fingerprint density at radius 3 is 0.782 bits per heavy atom. The van der Waals surface area contributed by atoms with Crippen molar-refractivity contribution in [2.24, 2.45) is 0 Å². The molecule has 0 aliphatic carbocycles. The van der Waals surface area contributed by atoms with Crippen molar-refractivity contribution in [2.75, 3.05) is 9.80 Å². The second-order valence-corrected chi connectivity index (χ2v) is 21.5. The monoisotopic (exact) mass is 1000 g/mol. The lowest BCUT2D eigenvalue weighted by molar-refractivity contribution is 0.631. The molecular formula is C72H54N6. The fourth-order valence-corrected chi connectivity index (χ4v) is 12.1. The molecule has 0 saturated heterocycles. The van der Waals surface area contributed by atoms with E-state index in [-0.39, 0.29) is 10.8 Å². The largest absolute Gasteiger partial charge is 0.310 e. The normalized spacial score (nSPS) is 13.8. The summed E-state index contributed by atoms with van der Waals surface area (Å²) in [6.45, 7) is 9.34. The topological polar surface area (TPSA) is 58.0 Å². The van der Waals surface area contributed by atoms with Gasteiger partial charge in [-0.3, -0.25) is 0 Å². The maximum atomic E-state index is 5.62. The van der Waals surface area contributed by atoms with Crippen molar-refractivity contribution in [1.82, 2.24) is 19.9 Å². The van der Waals surface area contributed by atoms with E-state index in [4.69, 9.17) is 19.9 Å². The molecule has 2 aromatic heterocycles.